The Bertz CT molecular complexity index is 1440. The van der Waals surface area contributed by atoms with Gasteiger partial charge in [-0.2, -0.15) is 13.2 Å². The Kier molecular flexibility index (Phi) is 5.25. The van der Waals surface area contributed by atoms with Crippen molar-refractivity contribution in [1.29, 1.82) is 0 Å². The fourth-order valence-electron chi connectivity index (χ4n) is 3.28. The van der Waals surface area contributed by atoms with Crippen molar-refractivity contribution in [2.45, 2.75) is 12.7 Å². The van der Waals surface area contributed by atoms with Crippen molar-refractivity contribution in [3.8, 4) is 11.3 Å². The number of fused-ring (bicyclic) bond motifs is 1. The monoisotopic (exact) mass is 463 g/mol. The molecule has 0 saturated carbocycles. The van der Waals surface area contributed by atoms with Crippen LogP contribution in [0.15, 0.2) is 51.5 Å². The highest BCUT2D eigenvalue weighted by Gasteiger charge is 2.30. The number of carbonyl (C=O) groups excluding carboxylic acids is 1. The van der Waals surface area contributed by atoms with E-state index in [2.05, 4.69) is 10.3 Å². The number of hydrogen-bond donors (Lipinski definition) is 1. The lowest BCUT2D eigenvalue weighted by molar-refractivity contribution is -0.137. The van der Waals surface area contributed by atoms with Crippen molar-refractivity contribution in [3.05, 3.63) is 68.3 Å². The Morgan fingerprint density at radius 2 is 1.78 bits per heavy atom. The summed E-state index contributed by atoms with van der Waals surface area (Å²) in [6.07, 6.45) is -2.88. The van der Waals surface area contributed by atoms with E-state index in [0.29, 0.717) is 16.8 Å². The zero-order valence-electron chi connectivity index (χ0n) is 16.8. The van der Waals surface area contributed by atoms with E-state index < -0.39 is 28.9 Å². The van der Waals surface area contributed by atoms with Gasteiger partial charge in [0, 0.05) is 31.2 Å². The third-order valence-electron chi connectivity index (χ3n) is 4.96. The van der Waals surface area contributed by atoms with E-state index in [1.165, 1.54) is 35.4 Å². The molecule has 0 aliphatic rings. The van der Waals surface area contributed by atoms with E-state index in [-0.39, 0.29) is 17.2 Å². The first-order chi connectivity index (χ1) is 15.1. The van der Waals surface area contributed by atoms with Crippen LogP contribution in [0, 0.1) is 0 Å². The maximum absolute atomic E-state index is 12.7. The van der Waals surface area contributed by atoms with E-state index in [9.17, 15) is 27.6 Å². The minimum Gasteiger partial charge on any atom is -0.332 e. The van der Waals surface area contributed by atoms with Crippen LogP contribution >= 0.6 is 11.3 Å². The predicted octanol–water partition coefficient (Wildman–Crippen LogP) is 2.82. The van der Waals surface area contributed by atoms with Crippen LogP contribution in [-0.2, 0) is 31.6 Å². The largest absolute Gasteiger partial charge is 0.416 e. The van der Waals surface area contributed by atoms with Gasteiger partial charge in [-0.3, -0.25) is 18.7 Å². The second-order valence-corrected chi connectivity index (χ2v) is 7.90. The molecule has 0 aliphatic carbocycles. The van der Waals surface area contributed by atoms with Gasteiger partial charge in [-0.05, 0) is 18.2 Å². The Labute approximate surface area is 182 Å². The van der Waals surface area contributed by atoms with Gasteiger partial charge in [-0.25, -0.2) is 9.78 Å². The lowest BCUT2D eigenvalue weighted by Crippen LogP contribution is -2.37. The average molecular weight is 463 g/mol. The van der Waals surface area contributed by atoms with Crippen LogP contribution in [-0.4, -0.2) is 24.6 Å². The molecule has 0 unspecified atom stereocenters. The number of halogens is 3. The van der Waals surface area contributed by atoms with Gasteiger partial charge >= 0.3 is 11.9 Å². The summed E-state index contributed by atoms with van der Waals surface area (Å²) >= 11 is 1.12. The molecule has 0 atom stereocenters. The summed E-state index contributed by atoms with van der Waals surface area (Å²) in [5.41, 5.74) is -0.209. The number of nitrogens with zero attached hydrogens (tertiary/aromatic N) is 4. The summed E-state index contributed by atoms with van der Waals surface area (Å²) in [5, 5.41) is 4.51. The molecule has 32 heavy (non-hydrogen) atoms. The molecule has 8 nitrogen and oxygen atoms in total. The van der Waals surface area contributed by atoms with Crippen molar-refractivity contribution >= 4 is 33.4 Å². The number of benzene rings is 1. The molecule has 0 saturated heterocycles. The lowest BCUT2D eigenvalue weighted by atomic mass is 10.1. The quantitative estimate of drug-likeness (QED) is 0.504. The molecule has 0 radical (unpaired) electrons. The van der Waals surface area contributed by atoms with Crippen LogP contribution < -0.4 is 16.6 Å². The van der Waals surface area contributed by atoms with Crippen molar-refractivity contribution < 1.29 is 18.0 Å². The van der Waals surface area contributed by atoms with Crippen LogP contribution in [0.3, 0.4) is 0 Å². The second kappa shape index (κ2) is 7.79. The standard InChI is InChI=1S/C20H16F3N5O3S/c1-26-14-7-8-28(16(14)17(30)27(2)19(26)31)9-15(29)25-18-24-13(10-32-18)11-3-5-12(6-4-11)20(21,22)23/h3-8,10H,9H2,1-2H3,(H,24,25,29). The Hall–Kier alpha value is -3.67. The summed E-state index contributed by atoms with van der Waals surface area (Å²) < 4.78 is 41.9. The van der Waals surface area contributed by atoms with Gasteiger partial charge < -0.3 is 9.88 Å². The molecule has 0 fully saturated rings. The molecule has 4 aromatic rings. The smallest absolute Gasteiger partial charge is 0.332 e. The number of carbonyl (C=O) groups is 1. The molecule has 4 rings (SSSR count). The van der Waals surface area contributed by atoms with E-state index in [0.717, 1.165) is 28.0 Å². The summed E-state index contributed by atoms with van der Waals surface area (Å²) in [6.45, 7) is -0.188. The van der Waals surface area contributed by atoms with Crippen molar-refractivity contribution in [2.24, 2.45) is 14.1 Å². The zero-order chi connectivity index (χ0) is 23.2. The minimum absolute atomic E-state index is 0.188. The molecular formula is C20H16F3N5O3S. The van der Waals surface area contributed by atoms with Crippen molar-refractivity contribution in [1.82, 2.24) is 18.7 Å². The van der Waals surface area contributed by atoms with E-state index in [1.54, 1.807) is 17.6 Å². The van der Waals surface area contributed by atoms with Gasteiger partial charge in [-0.1, -0.05) is 12.1 Å². The first-order valence-electron chi connectivity index (χ1n) is 9.24. The van der Waals surface area contributed by atoms with Gasteiger partial charge in [0.15, 0.2) is 5.13 Å². The normalized spacial score (nSPS) is 11.8. The lowest BCUT2D eigenvalue weighted by Gasteiger charge is -2.08. The first-order valence-corrected chi connectivity index (χ1v) is 10.1. The van der Waals surface area contributed by atoms with E-state index in [4.69, 9.17) is 0 Å². The van der Waals surface area contributed by atoms with Crippen molar-refractivity contribution in [3.63, 3.8) is 0 Å². The minimum atomic E-state index is -4.42. The second-order valence-electron chi connectivity index (χ2n) is 7.04. The predicted molar refractivity (Wildman–Crippen MR) is 114 cm³/mol. The summed E-state index contributed by atoms with van der Waals surface area (Å²) in [5.74, 6) is -0.452. The number of anilines is 1. The molecule has 0 bridgehead atoms. The first kappa shape index (κ1) is 21.6. The third kappa shape index (κ3) is 3.84. The number of amides is 1. The molecule has 1 N–H and O–H groups in total. The Morgan fingerprint density at radius 3 is 2.44 bits per heavy atom. The van der Waals surface area contributed by atoms with Gasteiger partial charge in [0.2, 0.25) is 5.91 Å². The van der Waals surface area contributed by atoms with Crippen LogP contribution in [0.5, 0.6) is 0 Å². The third-order valence-corrected chi connectivity index (χ3v) is 5.71. The summed E-state index contributed by atoms with van der Waals surface area (Å²) in [6, 6.07) is 6.15. The van der Waals surface area contributed by atoms with Crippen molar-refractivity contribution in [2.75, 3.05) is 5.32 Å². The number of rotatable bonds is 4. The maximum Gasteiger partial charge on any atom is 0.416 e. The molecule has 12 heteroatoms. The summed E-state index contributed by atoms with van der Waals surface area (Å²) in [7, 11) is 2.90. The topological polar surface area (TPSA) is 90.9 Å². The number of aromatic nitrogens is 4. The van der Waals surface area contributed by atoms with Crippen LogP contribution in [0.2, 0.25) is 0 Å². The van der Waals surface area contributed by atoms with Gasteiger partial charge in [-0.15, -0.1) is 11.3 Å². The highest BCUT2D eigenvalue weighted by molar-refractivity contribution is 7.14. The number of aryl methyl sites for hydroxylation is 1. The fraction of sp³-hybridized carbons (Fsp3) is 0.200. The highest BCUT2D eigenvalue weighted by atomic mass is 32.1. The van der Waals surface area contributed by atoms with Gasteiger partial charge in [0.25, 0.3) is 5.56 Å². The van der Waals surface area contributed by atoms with Crippen LogP contribution in [0.4, 0.5) is 18.3 Å². The fourth-order valence-corrected chi connectivity index (χ4v) is 4.01. The van der Waals surface area contributed by atoms with Gasteiger partial charge in [0.1, 0.15) is 12.1 Å². The molecule has 1 amide bonds. The molecule has 166 valence electrons. The Balaban J connectivity index is 1.52. The SMILES string of the molecule is Cn1c(=O)c2c(ccn2CC(=O)Nc2nc(-c3ccc(C(F)(F)F)cc3)cs2)n(C)c1=O. The molecular weight excluding hydrogens is 447 g/mol. The van der Waals surface area contributed by atoms with Crippen LogP contribution in [0.25, 0.3) is 22.3 Å². The molecule has 0 spiro atoms. The Morgan fingerprint density at radius 1 is 1.09 bits per heavy atom. The molecule has 3 aromatic heterocycles. The molecule has 1 aromatic carbocycles. The molecule has 0 aliphatic heterocycles. The van der Waals surface area contributed by atoms with E-state index >= 15 is 0 Å². The summed E-state index contributed by atoms with van der Waals surface area (Å²) in [4.78, 5) is 41.3. The molecule has 3 heterocycles. The zero-order valence-corrected chi connectivity index (χ0v) is 17.6. The maximum atomic E-state index is 12.7. The average Bonchev–Trinajstić information content (AvgIpc) is 3.37. The van der Waals surface area contributed by atoms with Gasteiger partial charge in [0.05, 0.1) is 16.8 Å². The van der Waals surface area contributed by atoms with Crippen LogP contribution in [0.1, 0.15) is 5.56 Å². The number of hydrogen-bond acceptors (Lipinski definition) is 5. The number of thiazole rings is 1. The van der Waals surface area contributed by atoms with E-state index in [1.807, 2.05) is 0 Å². The highest BCUT2D eigenvalue weighted by Crippen LogP contribution is 2.31. The number of alkyl halides is 3. The number of nitrogens with one attached hydrogen (secondary N) is 1.